The molecule has 3 heterocycles. The summed E-state index contributed by atoms with van der Waals surface area (Å²) in [6, 6.07) is 17.0. The molecular weight excluding hydrogens is 264 g/mol. The van der Waals surface area contributed by atoms with E-state index in [1.165, 1.54) is 26.4 Å². The van der Waals surface area contributed by atoms with E-state index in [1.807, 2.05) is 6.07 Å². The third-order valence-electron chi connectivity index (χ3n) is 3.88. The summed E-state index contributed by atoms with van der Waals surface area (Å²) in [7, 11) is 0. The number of hydrogen-bond donors (Lipinski definition) is 1. The Morgan fingerprint density at radius 1 is 0.850 bits per heavy atom. The first-order valence-corrected chi connectivity index (χ1v) is 7.45. The zero-order valence-electron chi connectivity index (χ0n) is 10.6. The van der Waals surface area contributed by atoms with Crippen LogP contribution in [-0.4, -0.2) is 9.97 Å². The molecule has 0 aliphatic carbocycles. The second-order valence-electron chi connectivity index (χ2n) is 5.02. The van der Waals surface area contributed by atoms with Crippen LogP contribution in [0.4, 0.5) is 0 Å². The van der Waals surface area contributed by atoms with Crippen molar-refractivity contribution in [1.82, 2.24) is 9.97 Å². The maximum Gasteiger partial charge on any atom is 0.0810 e. The highest BCUT2D eigenvalue weighted by atomic mass is 32.1. The average molecular weight is 274 g/mol. The van der Waals surface area contributed by atoms with Crippen LogP contribution in [0.15, 0.2) is 53.9 Å². The number of benzene rings is 2. The number of fused-ring (bicyclic) bond motifs is 6. The first kappa shape index (κ1) is 10.4. The molecule has 0 fully saturated rings. The second kappa shape index (κ2) is 3.58. The molecule has 1 N–H and O–H groups in total. The minimum absolute atomic E-state index is 1.07. The summed E-state index contributed by atoms with van der Waals surface area (Å²) >= 11 is 1.76. The molecule has 0 amide bonds. The van der Waals surface area contributed by atoms with Crippen molar-refractivity contribution < 1.29 is 0 Å². The van der Waals surface area contributed by atoms with Gasteiger partial charge in [0, 0.05) is 21.7 Å². The Hall–Kier alpha value is -2.39. The van der Waals surface area contributed by atoms with Crippen LogP contribution in [-0.2, 0) is 0 Å². The maximum atomic E-state index is 4.82. The normalized spacial score (nSPS) is 12.0. The molecule has 0 spiro atoms. The number of aromatic amines is 1. The summed E-state index contributed by atoms with van der Waals surface area (Å²) < 4.78 is 1.28. The van der Waals surface area contributed by atoms with Crippen LogP contribution in [0.1, 0.15) is 0 Å². The van der Waals surface area contributed by atoms with Gasteiger partial charge in [0.05, 0.1) is 21.3 Å². The van der Waals surface area contributed by atoms with Gasteiger partial charge in [-0.25, -0.2) is 4.98 Å². The van der Waals surface area contributed by atoms with E-state index in [4.69, 9.17) is 4.98 Å². The van der Waals surface area contributed by atoms with Crippen molar-refractivity contribution in [3.8, 4) is 0 Å². The minimum Gasteiger partial charge on any atom is -0.354 e. The molecule has 3 heteroatoms. The van der Waals surface area contributed by atoms with Gasteiger partial charge in [-0.2, -0.15) is 0 Å². The molecule has 2 nitrogen and oxygen atoms in total. The van der Waals surface area contributed by atoms with Gasteiger partial charge in [0.2, 0.25) is 0 Å². The summed E-state index contributed by atoms with van der Waals surface area (Å²) in [5, 5.41) is 5.79. The third kappa shape index (κ3) is 1.25. The molecule has 0 aliphatic heterocycles. The summed E-state index contributed by atoms with van der Waals surface area (Å²) in [6.45, 7) is 0. The molecule has 0 bridgehead atoms. The second-order valence-corrected chi connectivity index (χ2v) is 5.97. The molecule has 20 heavy (non-hydrogen) atoms. The van der Waals surface area contributed by atoms with Crippen LogP contribution >= 0.6 is 11.3 Å². The number of nitrogens with one attached hydrogen (secondary N) is 1. The van der Waals surface area contributed by atoms with E-state index >= 15 is 0 Å². The van der Waals surface area contributed by atoms with E-state index in [-0.39, 0.29) is 0 Å². The van der Waals surface area contributed by atoms with Gasteiger partial charge in [-0.3, -0.25) is 0 Å². The fourth-order valence-corrected chi connectivity index (χ4v) is 3.72. The number of H-pyrrole nitrogens is 1. The molecule has 0 unspecified atom stereocenters. The summed E-state index contributed by atoms with van der Waals surface area (Å²) in [6.07, 6.45) is 0. The molecule has 0 radical (unpaired) electrons. The Morgan fingerprint density at radius 3 is 2.80 bits per heavy atom. The van der Waals surface area contributed by atoms with E-state index < -0.39 is 0 Å². The Bertz CT molecular complexity index is 1100. The number of hydrogen-bond acceptors (Lipinski definition) is 2. The number of nitrogens with zero attached hydrogens (tertiary/aromatic N) is 1. The smallest absolute Gasteiger partial charge is 0.0810 e. The topological polar surface area (TPSA) is 28.7 Å². The van der Waals surface area contributed by atoms with Crippen molar-refractivity contribution in [3.63, 3.8) is 0 Å². The largest absolute Gasteiger partial charge is 0.354 e. The van der Waals surface area contributed by atoms with E-state index in [9.17, 15) is 0 Å². The van der Waals surface area contributed by atoms with Crippen LogP contribution in [0, 0.1) is 0 Å². The summed E-state index contributed by atoms with van der Waals surface area (Å²) in [5.41, 5.74) is 4.50. The highest BCUT2D eigenvalue weighted by molar-refractivity contribution is 7.17. The van der Waals surface area contributed by atoms with Crippen LogP contribution < -0.4 is 0 Å². The van der Waals surface area contributed by atoms with Crippen molar-refractivity contribution in [3.05, 3.63) is 53.9 Å². The first-order valence-electron chi connectivity index (χ1n) is 6.57. The quantitative estimate of drug-likeness (QED) is 0.419. The van der Waals surface area contributed by atoms with Gasteiger partial charge < -0.3 is 4.98 Å². The predicted molar refractivity (Wildman–Crippen MR) is 86.5 cm³/mol. The zero-order chi connectivity index (χ0) is 13.1. The van der Waals surface area contributed by atoms with E-state index in [2.05, 4.69) is 52.8 Å². The summed E-state index contributed by atoms with van der Waals surface area (Å²) in [4.78, 5) is 8.32. The van der Waals surface area contributed by atoms with Gasteiger partial charge in [-0.1, -0.05) is 24.3 Å². The molecular formula is C17H10N2S. The van der Waals surface area contributed by atoms with E-state index in [1.54, 1.807) is 11.3 Å². The van der Waals surface area contributed by atoms with Gasteiger partial charge in [0.1, 0.15) is 0 Å². The molecule has 0 atom stereocenters. The van der Waals surface area contributed by atoms with Crippen molar-refractivity contribution in [2.75, 3.05) is 0 Å². The van der Waals surface area contributed by atoms with Crippen LogP contribution in [0.3, 0.4) is 0 Å². The fraction of sp³-hybridized carbons (Fsp3) is 0. The standard InChI is InChI=1S/C17H10N2S/c1-2-4-13-10(3-1)11-5-6-14-12(17(11)19-13)9-16-15(18-14)7-8-20-16/h1-9,18H. The lowest BCUT2D eigenvalue weighted by atomic mass is 10.1. The third-order valence-corrected chi connectivity index (χ3v) is 4.75. The summed E-state index contributed by atoms with van der Waals surface area (Å²) in [5.74, 6) is 0. The van der Waals surface area contributed by atoms with Crippen LogP contribution in [0.2, 0.25) is 0 Å². The van der Waals surface area contributed by atoms with Gasteiger partial charge in [-0.15, -0.1) is 11.3 Å². The van der Waals surface area contributed by atoms with Crippen LogP contribution in [0.5, 0.6) is 0 Å². The molecule has 94 valence electrons. The maximum absolute atomic E-state index is 4.82. The zero-order valence-corrected chi connectivity index (χ0v) is 11.4. The van der Waals surface area contributed by atoms with Gasteiger partial charge >= 0.3 is 0 Å². The van der Waals surface area contributed by atoms with Gasteiger partial charge in [0.15, 0.2) is 0 Å². The molecule has 0 saturated heterocycles. The minimum atomic E-state index is 1.07. The monoisotopic (exact) mass is 274 g/mol. The van der Waals surface area contributed by atoms with Crippen LogP contribution in [0.25, 0.3) is 42.9 Å². The SMILES string of the molecule is c1ccc2c(c1)nc1c3cc4sccc4[nH]c3ccc21. The number of para-hydroxylation sites is 1. The van der Waals surface area contributed by atoms with Crippen molar-refractivity contribution in [2.45, 2.75) is 0 Å². The molecule has 0 saturated carbocycles. The Labute approximate surface area is 118 Å². The fourth-order valence-electron chi connectivity index (χ4n) is 2.93. The number of thiophene rings is 1. The molecule has 3 aromatic heterocycles. The highest BCUT2D eigenvalue weighted by Crippen LogP contribution is 2.32. The van der Waals surface area contributed by atoms with Gasteiger partial charge in [-0.05, 0) is 29.6 Å². The first-order chi connectivity index (χ1) is 9.90. The van der Waals surface area contributed by atoms with E-state index in [0.717, 1.165) is 16.6 Å². The number of pyridine rings is 1. The predicted octanol–water partition coefficient (Wildman–Crippen LogP) is 5.08. The lowest BCUT2D eigenvalue weighted by Gasteiger charge is -2.01. The van der Waals surface area contributed by atoms with Crippen molar-refractivity contribution >= 4 is 54.3 Å². The van der Waals surface area contributed by atoms with Crippen molar-refractivity contribution in [1.29, 1.82) is 0 Å². The molecule has 0 aliphatic rings. The van der Waals surface area contributed by atoms with E-state index in [0.29, 0.717) is 0 Å². The molecule has 5 rings (SSSR count). The van der Waals surface area contributed by atoms with Crippen molar-refractivity contribution in [2.24, 2.45) is 0 Å². The molecule has 2 aromatic carbocycles. The Balaban J connectivity index is 2.08. The van der Waals surface area contributed by atoms with Gasteiger partial charge in [0.25, 0.3) is 0 Å². The lowest BCUT2D eigenvalue weighted by molar-refractivity contribution is 1.51. The number of aromatic nitrogens is 2. The Morgan fingerprint density at radius 2 is 1.80 bits per heavy atom. The average Bonchev–Trinajstić information content (AvgIpc) is 3.08. The Kier molecular flexibility index (Phi) is 1.86. The lowest BCUT2D eigenvalue weighted by Crippen LogP contribution is -1.80. The number of rotatable bonds is 0. The highest BCUT2D eigenvalue weighted by Gasteiger charge is 2.09. The molecule has 5 aromatic rings.